The number of amides is 2. The molecule has 1 aliphatic heterocycles. The number of piperazine rings is 1. The summed E-state index contributed by atoms with van der Waals surface area (Å²) in [5.74, 6) is 0. The van der Waals surface area contributed by atoms with Gasteiger partial charge in [0.05, 0.1) is 0 Å². The van der Waals surface area contributed by atoms with Gasteiger partial charge in [-0.15, -0.1) is 0 Å². The fraction of sp³-hybridized carbons (Fsp3) is 0.875. The molecule has 0 bridgehead atoms. The normalized spacial score (nSPS) is 23.8. The summed E-state index contributed by atoms with van der Waals surface area (Å²) in [4.78, 5) is 13.3. The second kappa shape index (κ2) is 4.30. The predicted molar refractivity (Wildman–Crippen MR) is 48.1 cm³/mol. The Morgan fingerprint density at radius 1 is 1.75 bits per heavy atom. The molecule has 4 heteroatoms. The summed E-state index contributed by atoms with van der Waals surface area (Å²) in [6.07, 6.45) is 0. The van der Waals surface area contributed by atoms with Crippen molar-refractivity contribution in [3.05, 3.63) is 0 Å². The van der Waals surface area contributed by atoms with Gasteiger partial charge >= 0.3 is 6.03 Å². The quantitative estimate of drug-likeness (QED) is 0.583. The van der Waals surface area contributed by atoms with Crippen LogP contribution in [0.2, 0.25) is 0 Å². The maximum absolute atomic E-state index is 11.4. The average Bonchev–Trinajstić information content (AvgIpc) is 2.05. The molecule has 1 saturated heterocycles. The van der Waals surface area contributed by atoms with Crippen LogP contribution in [0.4, 0.5) is 4.79 Å². The SMILES string of the molecule is CCNC(=O)N1CCNC[C@H]1C. The van der Waals surface area contributed by atoms with Crippen molar-refractivity contribution in [3.8, 4) is 0 Å². The molecule has 0 unspecified atom stereocenters. The van der Waals surface area contributed by atoms with E-state index in [1.165, 1.54) is 0 Å². The first-order chi connectivity index (χ1) is 5.75. The van der Waals surface area contributed by atoms with Gasteiger partial charge in [-0.2, -0.15) is 0 Å². The Labute approximate surface area is 73.3 Å². The standard InChI is InChI=1S/C8H17N3O/c1-3-10-8(12)11-5-4-9-6-7(11)2/h7,9H,3-6H2,1-2H3,(H,10,12)/t7-/m1/s1. The molecule has 4 nitrogen and oxygen atoms in total. The number of carbonyl (C=O) groups excluding carboxylic acids is 1. The minimum Gasteiger partial charge on any atom is -0.338 e. The van der Waals surface area contributed by atoms with Crippen LogP contribution in [0.3, 0.4) is 0 Å². The van der Waals surface area contributed by atoms with Crippen LogP contribution in [0.5, 0.6) is 0 Å². The minimum absolute atomic E-state index is 0.0616. The van der Waals surface area contributed by atoms with Gasteiger partial charge in [-0.1, -0.05) is 0 Å². The van der Waals surface area contributed by atoms with E-state index in [0.717, 1.165) is 19.6 Å². The zero-order chi connectivity index (χ0) is 8.97. The molecule has 1 rings (SSSR count). The average molecular weight is 171 g/mol. The summed E-state index contributed by atoms with van der Waals surface area (Å²) in [6.45, 7) is 7.31. The third-order valence-corrected chi connectivity index (χ3v) is 2.09. The Morgan fingerprint density at radius 3 is 3.08 bits per heavy atom. The molecule has 0 aromatic carbocycles. The highest BCUT2D eigenvalue weighted by Gasteiger charge is 2.21. The van der Waals surface area contributed by atoms with Crippen LogP contribution in [0.1, 0.15) is 13.8 Å². The molecule has 0 aromatic rings. The van der Waals surface area contributed by atoms with Crippen molar-refractivity contribution >= 4 is 6.03 Å². The number of hydrogen-bond acceptors (Lipinski definition) is 2. The third-order valence-electron chi connectivity index (χ3n) is 2.09. The number of urea groups is 1. The van der Waals surface area contributed by atoms with Gasteiger partial charge in [0.15, 0.2) is 0 Å². The van der Waals surface area contributed by atoms with Gasteiger partial charge in [-0.3, -0.25) is 0 Å². The van der Waals surface area contributed by atoms with E-state index >= 15 is 0 Å². The van der Waals surface area contributed by atoms with Crippen molar-refractivity contribution in [1.29, 1.82) is 0 Å². The van der Waals surface area contributed by atoms with Gasteiger partial charge < -0.3 is 15.5 Å². The van der Waals surface area contributed by atoms with Crippen molar-refractivity contribution in [2.24, 2.45) is 0 Å². The number of hydrogen-bond donors (Lipinski definition) is 2. The van der Waals surface area contributed by atoms with Crippen LogP contribution >= 0.6 is 0 Å². The first kappa shape index (κ1) is 9.32. The zero-order valence-electron chi connectivity index (χ0n) is 7.76. The van der Waals surface area contributed by atoms with Gasteiger partial charge in [0, 0.05) is 32.2 Å². The number of nitrogens with zero attached hydrogens (tertiary/aromatic N) is 1. The summed E-state index contributed by atoms with van der Waals surface area (Å²) in [5.41, 5.74) is 0. The monoisotopic (exact) mass is 171 g/mol. The lowest BCUT2D eigenvalue weighted by Crippen LogP contribution is -2.55. The van der Waals surface area contributed by atoms with E-state index in [0.29, 0.717) is 12.6 Å². The summed E-state index contributed by atoms with van der Waals surface area (Å²) < 4.78 is 0. The Hall–Kier alpha value is -0.770. The minimum atomic E-state index is 0.0616. The molecule has 0 spiro atoms. The molecule has 12 heavy (non-hydrogen) atoms. The number of nitrogens with one attached hydrogen (secondary N) is 2. The lowest BCUT2D eigenvalue weighted by atomic mass is 10.2. The topological polar surface area (TPSA) is 44.4 Å². The Bertz CT molecular complexity index is 160. The molecule has 1 fully saturated rings. The van der Waals surface area contributed by atoms with E-state index in [-0.39, 0.29) is 6.03 Å². The van der Waals surface area contributed by atoms with Crippen LogP contribution in [-0.2, 0) is 0 Å². The molecule has 2 N–H and O–H groups in total. The number of carbonyl (C=O) groups is 1. The predicted octanol–water partition coefficient (Wildman–Crippen LogP) is 0.00960. The molecular weight excluding hydrogens is 154 g/mol. The smallest absolute Gasteiger partial charge is 0.317 e. The van der Waals surface area contributed by atoms with Crippen molar-refractivity contribution in [2.45, 2.75) is 19.9 Å². The first-order valence-corrected chi connectivity index (χ1v) is 4.51. The molecule has 1 atom stereocenters. The van der Waals surface area contributed by atoms with E-state index in [1.54, 1.807) is 0 Å². The zero-order valence-corrected chi connectivity index (χ0v) is 7.76. The molecule has 2 amide bonds. The molecule has 0 aliphatic carbocycles. The van der Waals surface area contributed by atoms with E-state index in [2.05, 4.69) is 17.6 Å². The fourth-order valence-corrected chi connectivity index (χ4v) is 1.40. The van der Waals surface area contributed by atoms with E-state index in [4.69, 9.17) is 0 Å². The second-order valence-electron chi connectivity index (χ2n) is 3.08. The van der Waals surface area contributed by atoms with E-state index in [9.17, 15) is 4.79 Å². The van der Waals surface area contributed by atoms with Gasteiger partial charge in [0.2, 0.25) is 0 Å². The van der Waals surface area contributed by atoms with E-state index in [1.807, 2.05) is 11.8 Å². The second-order valence-corrected chi connectivity index (χ2v) is 3.08. The van der Waals surface area contributed by atoms with Crippen LogP contribution in [0.25, 0.3) is 0 Å². The lowest BCUT2D eigenvalue weighted by Gasteiger charge is -2.33. The van der Waals surface area contributed by atoms with Crippen molar-refractivity contribution in [1.82, 2.24) is 15.5 Å². The summed E-state index contributed by atoms with van der Waals surface area (Å²) in [7, 11) is 0. The largest absolute Gasteiger partial charge is 0.338 e. The summed E-state index contributed by atoms with van der Waals surface area (Å²) in [5, 5.41) is 6.04. The molecule has 0 aromatic heterocycles. The van der Waals surface area contributed by atoms with Crippen LogP contribution in [0, 0.1) is 0 Å². The van der Waals surface area contributed by atoms with Gasteiger partial charge in [-0.25, -0.2) is 4.79 Å². The lowest BCUT2D eigenvalue weighted by molar-refractivity contribution is 0.165. The van der Waals surface area contributed by atoms with Crippen LogP contribution < -0.4 is 10.6 Å². The van der Waals surface area contributed by atoms with Crippen LogP contribution in [-0.4, -0.2) is 43.2 Å². The van der Waals surface area contributed by atoms with Crippen molar-refractivity contribution in [3.63, 3.8) is 0 Å². The molecule has 1 aliphatic rings. The molecule has 1 heterocycles. The highest BCUT2D eigenvalue weighted by molar-refractivity contribution is 5.74. The Morgan fingerprint density at radius 2 is 2.50 bits per heavy atom. The summed E-state index contributed by atoms with van der Waals surface area (Å²) in [6, 6.07) is 0.372. The highest BCUT2D eigenvalue weighted by Crippen LogP contribution is 2.01. The fourth-order valence-electron chi connectivity index (χ4n) is 1.40. The highest BCUT2D eigenvalue weighted by atomic mass is 16.2. The molecule has 0 saturated carbocycles. The first-order valence-electron chi connectivity index (χ1n) is 4.51. The third kappa shape index (κ3) is 2.11. The van der Waals surface area contributed by atoms with Crippen molar-refractivity contribution < 1.29 is 4.79 Å². The maximum atomic E-state index is 11.4. The Kier molecular flexibility index (Phi) is 3.34. The molecule has 0 radical (unpaired) electrons. The molecule has 70 valence electrons. The van der Waals surface area contributed by atoms with Gasteiger partial charge in [0.1, 0.15) is 0 Å². The molecular formula is C8H17N3O. The van der Waals surface area contributed by atoms with Gasteiger partial charge in [-0.05, 0) is 13.8 Å². The van der Waals surface area contributed by atoms with Gasteiger partial charge in [0.25, 0.3) is 0 Å². The summed E-state index contributed by atoms with van der Waals surface area (Å²) >= 11 is 0. The maximum Gasteiger partial charge on any atom is 0.317 e. The van der Waals surface area contributed by atoms with E-state index < -0.39 is 0 Å². The van der Waals surface area contributed by atoms with Crippen LogP contribution in [0.15, 0.2) is 0 Å². The number of rotatable bonds is 1. The Balaban J connectivity index is 2.42. The van der Waals surface area contributed by atoms with Crippen molar-refractivity contribution in [2.75, 3.05) is 26.2 Å².